The van der Waals surface area contributed by atoms with Crippen LogP contribution in [0.2, 0.25) is 0 Å². The molecule has 1 atom stereocenters. The highest BCUT2D eigenvalue weighted by atomic mass is 32.2. The molecular weight excluding hydrogens is 294 g/mol. The lowest BCUT2D eigenvalue weighted by Crippen LogP contribution is -2.40. The summed E-state index contributed by atoms with van der Waals surface area (Å²) in [4.78, 5) is 18.7. The van der Waals surface area contributed by atoms with E-state index in [1.54, 1.807) is 12.5 Å². The number of nitrogens with zero attached hydrogens (tertiary/aromatic N) is 3. The molecule has 2 heterocycles. The number of hydrogen-bond donors (Lipinski definition) is 0. The second-order valence-electron chi connectivity index (χ2n) is 5.73. The molecular formula is C17H21N3OS. The maximum Gasteiger partial charge on any atom is 0.253 e. The molecule has 0 aliphatic carbocycles. The number of rotatable bonds is 4. The van der Waals surface area contributed by atoms with Crippen molar-refractivity contribution in [2.75, 3.05) is 25.1 Å². The highest BCUT2D eigenvalue weighted by Gasteiger charge is 2.24. The summed E-state index contributed by atoms with van der Waals surface area (Å²) in [6.07, 6.45) is 9.89. The molecule has 1 aliphatic rings. The van der Waals surface area contributed by atoms with E-state index in [2.05, 4.69) is 11.2 Å². The minimum absolute atomic E-state index is 0.156. The van der Waals surface area contributed by atoms with Crippen LogP contribution in [0.5, 0.6) is 0 Å². The van der Waals surface area contributed by atoms with Crippen molar-refractivity contribution in [2.24, 2.45) is 5.92 Å². The molecule has 0 saturated carbocycles. The molecule has 5 heteroatoms. The standard InChI is InChI=1S/C17H21N3OS/c1-22-12-14-3-2-9-19(11-14)17(21)15-4-6-16(7-5-15)20-10-8-18-13-20/h4-8,10,13-14H,2-3,9,11-12H2,1H3. The van der Waals surface area contributed by atoms with Gasteiger partial charge < -0.3 is 9.47 Å². The van der Waals surface area contributed by atoms with Crippen molar-refractivity contribution in [3.05, 3.63) is 48.5 Å². The van der Waals surface area contributed by atoms with Gasteiger partial charge in [0.15, 0.2) is 0 Å². The third-order valence-electron chi connectivity index (χ3n) is 4.13. The summed E-state index contributed by atoms with van der Waals surface area (Å²) in [5.74, 6) is 1.93. The van der Waals surface area contributed by atoms with Gasteiger partial charge in [-0.25, -0.2) is 4.98 Å². The quantitative estimate of drug-likeness (QED) is 0.870. The van der Waals surface area contributed by atoms with Crippen LogP contribution in [0.4, 0.5) is 0 Å². The van der Waals surface area contributed by atoms with E-state index in [1.165, 1.54) is 6.42 Å². The molecule has 1 fully saturated rings. The van der Waals surface area contributed by atoms with Crippen LogP contribution in [-0.2, 0) is 0 Å². The minimum Gasteiger partial charge on any atom is -0.338 e. The molecule has 4 nitrogen and oxygen atoms in total. The van der Waals surface area contributed by atoms with Gasteiger partial charge in [0.25, 0.3) is 5.91 Å². The smallest absolute Gasteiger partial charge is 0.253 e. The van der Waals surface area contributed by atoms with Crippen molar-refractivity contribution in [3.8, 4) is 5.69 Å². The fraction of sp³-hybridized carbons (Fsp3) is 0.412. The van der Waals surface area contributed by atoms with Gasteiger partial charge in [-0.2, -0.15) is 11.8 Å². The Morgan fingerprint density at radius 1 is 1.36 bits per heavy atom. The Morgan fingerprint density at radius 3 is 2.86 bits per heavy atom. The van der Waals surface area contributed by atoms with Crippen LogP contribution < -0.4 is 0 Å². The maximum absolute atomic E-state index is 12.6. The van der Waals surface area contributed by atoms with Crippen LogP contribution in [-0.4, -0.2) is 45.5 Å². The van der Waals surface area contributed by atoms with Crippen molar-refractivity contribution < 1.29 is 4.79 Å². The first-order valence-electron chi connectivity index (χ1n) is 7.64. The van der Waals surface area contributed by atoms with Gasteiger partial charge in [0.05, 0.1) is 6.33 Å². The van der Waals surface area contributed by atoms with Crippen molar-refractivity contribution in [3.63, 3.8) is 0 Å². The Hall–Kier alpha value is -1.75. The third-order valence-corrected chi connectivity index (χ3v) is 4.93. The molecule has 0 bridgehead atoms. The summed E-state index contributed by atoms with van der Waals surface area (Å²) in [6, 6.07) is 7.77. The van der Waals surface area contributed by atoms with Gasteiger partial charge in [-0.15, -0.1) is 0 Å². The first-order chi connectivity index (χ1) is 10.8. The molecule has 1 aliphatic heterocycles. The monoisotopic (exact) mass is 315 g/mol. The molecule has 116 valence electrons. The number of amides is 1. The van der Waals surface area contributed by atoms with Crippen LogP contribution in [0.3, 0.4) is 0 Å². The summed E-state index contributed by atoms with van der Waals surface area (Å²) in [5, 5.41) is 0. The van der Waals surface area contributed by atoms with Crippen LogP contribution in [0.15, 0.2) is 43.0 Å². The highest BCUT2D eigenvalue weighted by molar-refractivity contribution is 7.98. The van der Waals surface area contributed by atoms with Gasteiger partial charge in [-0.1, -0.05) is 0 Å². The topological polar surface area (TPSA) is 38.1 Å². The first kappa shape index (κ1) is 15.2. The summed E-state index contributed by atoms with van der Waals surface area (Å²) < 4.78 is 1.93. The van der Waals surface area contributed by atoms with Crippen LogP contribution >= 0.6 is 11.8 Å². The van der Waals surface area contributed by atoms with Gasteiger partial charge in [-0.3, -0.25) is 4.79 Å². The number of aromatic nitrogens is 2. The molecule has 0 N–H and O–H groups in total. The number of thioether (sulfide) groups is 1. The van der Waals surface area contributed by atoms with Gasteiger partial charge in [-0.05, 0) is 55.0 Å². The van der Waals surface area contributed by atoms with Gasteiger partial charge >= 0.3 is 0 Å². The van der Waals surface area contributed by atoms with E-state index in [-0.39, 0.29) is 5.91 Å². The molecule has 3 rings (SSSR count). The highest BCUT2D eigenvalue weighted by Crippen LogP contribution is 2.21. The largest absolute Gasteiger partial charge is 0.338 e. The average Bonchev–Trinajstić information content (AvgIpc) is 3.09. The van der Waals surface area contributed by atoms with E-state index < -0.39 is 0 Å². The predicted molar refractivity (Wildman–Crippen MR) is 90.6 cm³/mol. The normalized spacial score (nSPS) is 18.4. The van der Waals surface area contributed by atoms with Crippen molar-refractivity contribution in [2.45, 2.75) is 12.8 Å². The molecule has 22 heavy (non-hydrogen) atoms. The fourth-order valence-electron chi connectivity index (χ4n) is 2.99. The number of benzene rings is 1. The van der Waals surface area contributed by atoms with E-state index in [0.29, 0.717) is 5.92 Å². The summed E-state index contributed by atoms with van der Waals surface area (Å²) in [7, 11) is 0. The second-order valence-corrected chi connectivity index (χ2v) is 6.64. The Bertz CT molecular complexity index is 607. The molecule has 1 unspecified atom stereocenters. The van der Waals surface area contributed by atoms with Crippen LogP contribution in [0.1, 0.15) is 23.2 Å². The van der Waals surface area contributed by atoms with Crippen LogP contribution in [0, 0.1) is 5.92 Å². The Morgan fingerprint density at radius 2 is 2.18 bits per heavy atom. The Labute approximate surface area is 135 Å². The van der Waals surface area contributed by atoms with Gasteiger partial charge in [0.2, 0.25) is 0 Å². The molecule has 2 aromatic rings. The zero-order chi connectivity index (χ0) is 15.4. The van der Waals surface area contributed by atoms with Crippen molar-refractivity contribution in [1.82, 2.24) is 14.5 Å². The summed E-state index contributed by atoms with van der Waals surface area (Å²) in [6.45, 7) is 1.77. The number of piperidine rings is 1. The molecule has 0 radical (unpaired) electrons. The number of likely N-dealkylation sites (tertiary alicyclic amines) is 1. The molecule has 0 spiro atoms. The lowest BCUT2D eigenvalue weighted by Gasteiger charge is -2.32. The number of imidazole rings is 1. The number of carbonyl (C=O) groups is 1. The van der Waals surface area contributed by atoms with Gasteiger partial charge in [0.1, 0.15) is 0 Å². The zero-order valence-corrected chi connectivity index (χ0v) is 13.6. The summed E-state index contributed by atoms with van der Waals surface area (Å²) in [5.41, 5.74) is 1.79. The molecule has 1 saturated heterocycles. The lowest BCUT2D eigenvalue weighted by atomic mass is 9.99. The molecule has 1 aromatic carbocycles. The number of hydrogen-bond acceptors (Lipinski definition) is 3. The van der Waals surface area contributed by atoms with E-state index >= 15 is 0 Å². The maximum atomic E-state index is 12.6. The predicted octanol–water partition coefficient (Wildman–Crippen LogP) is 3.09. The minimum atomic E-state index is 0.156. The SMILES string of the molecule is CSCC1CCCN(C(=O)c2ccc(-n3ccnc3)cc2)C1. The Kier molecular flexibility index (Phi) is 4.83. The van der Waals surface area contributed by atoms with E-state index in [0.717, 1.165) is 36.5 Å². The van der Waals surface area contributed by atoms with Crippen LogP contribution in [0.25, 0.3) is 5.69 Å². The number of carbonyl (C=O) groups excluding carboxylic acids is 1. The van der Waals surface area contributed by atoms with Crippen molar-refractivity contribution in [1.29, 1.82) is 0 Å². The van der Waals surface area contributed by atoms with E-state index in [1.807, 2.05) is 51.7 Å². The third kappa shape index (κ3) is 3.35. The molecule has 1 aromatic heterocycles. The first-order valence-corrected chi connectivity index (χ1v) is 9.04. The zero-order valence-electron chi connectivity index (χ0n) is 12.8. The second kappa shape index (κ2) is 7.01. The molecule has 1 amide bonds. The van der Waals surface area contributed by atoms with Gasteiger partial charge in [0, 0.05) is 36.7 Å². The Balaban J connectivity index is 1.69. The van der Waals surface area contributed by atoms with E-state index in [4.69, 9.17) is 0 Å². The lowest BCUT2D eigenvalue weighted by molar-refractivity contribution is 0.0685. The van der Waals surface area contributed by atoms with Crippen molar-refractivity contribution >= 4 is 17.7 Å². The van der Waals surface area contributed by atoms with E-state index in [9.17, 15) is 4.79 Å². The average molecular weight is 315 g/mol. The fourth-order valence-corrected chi connectivity index (χ4v) is 3.74. The summed E-state index contributed by atoms with van der Waals surface area (Å²) >= 11 is 1.87.